The number of likely N-dealkylation sites (N-methyl/N-ethyl adjacent to an activating group) is 1. The summed E-state index contributed by atoms with van der Waals surface area (Å²) < 4.78 is 11.8. The summed E-state index contributed by atoms with van der Waals surface area (Å²) >= 11 is 0. The molecule has 1 aliphatic heterocycles. The van der Waals surface area contributed by atoms with Crippen LogP contribution in [0.1, 0.15) is 24.3 Å². The zero-order valence-corrected chi connectivity index (χ0v) is 13.1. The van der Waals surface area contributed by atoms with Gasteiger partial charge >= 0.3 is 0 Å². The van der Waals surface area contributed by atoms with Crippen molar-refractivity contribution in [2.45, 2.75) is 26.0 Å². The SMILES string of the molecule is Cc1c(C(C)NCC2CN(C)CCO2)oc2ccccc12. The van der Waals surface area contributed by atoms with E-state index in [1.54, 1.807) is 0 Å². The lowest BCUT2D eigenvalue weighted by atomic mass is 10.1. The molecule has 4 nitrogen and oxygen atoms in total. The third-order valence-electron chi connectivity index (χ3n) is 4.27. The van der Waals surface area contributed by atoms with Crippen LogP contribution in [0.2, 0.25) is 0 Å². The lowest BCUT2D eigenvalue weighted by molar-refractivity contribution is -0.0193. The van der Waals surface area contributed by atoms with Crippen molar-refractivity contribution in [3.63, 3.8) is 0 Å². The van der Waals surface area contributed by atoms with Crippen LogP contribution >= 0.6 is 0 Å². The van der Waals surface area contributed by atoms with Crippen molar-refractivity contribution >= 4 is 11.0 Å². The maximum Gasteiger partial charge on any atom is 0.134 e. The zero-order valence-electron chi connectivity index (χ0n) is 13.1. The third kappa shape index (κ3) is 3.12. The number of para-hydroxylation sites is 1. The Kier molecular flexibility index (Phi) is 4.29. The van der Waals surface area contributed by atoms with E-state index in [0.29, 0.717) is 0 Å². The van der Waals surface area contributed by atoms with Gasteiger partial charge in [0, 0.05) is 25.0 Å². The van der Waals surface area contributed by atoms with Crippen molar-refractivity contribution in [1.82, 2.24) is 10.2 Å². The maximum atomic E-state index is 6.01. The highest BCUT2D eigenvalue weighted by atomic mass is 16.5. The van der Waals surface area contributed by atoms with Crippen LogP contribution in [0, 0.1) is 6.92 Å². The van der Waals surface area contributed by atoms with Gasteiger partial charge in [0.1, 0.15) is 11.3 Å². The van der Waals surface area contributed by atoms with Crippen molar-refractivity contribution in [2.24, 2.45) is 0 Å². The molecule has 2 heterocycles. The van der Waals surface area contributed by atoms with Crippen LogP contribution in [0.5, 0.6) is 0 Å². The summed E-state index contributed by atoms with van der Waals surface area (Å²) in [5, 5.41) is 4.75. The number of rotatable bonds is 4. The molecule has 1 aromatic carbocycles. The fourth-order valence-corrected chi connectivity index (χ4v) is 3.00. The summed E-state index contributed by atoms with van der Waals surface area (Å²) in [6, 6.07) is 8.40. The molecule has 2 unspecified atom stereocenters. The number of aryl methyl sites for hydroxylation is 1. The number of hydrogen-bond acceptors (Lipinski definition) is 4. The van der Waals surface area contributed by atoms with Crippen molar-refractivity contribution in [3.05, 3.63) is 35.6 Å². The highest BCUT2D eigenvalue weighted by Crippen LogP contribution is 2.29. The Morgan fingerprint density at radius 3 is 2.95 bits per heavy atom. The number of morpholine rings is 1. The second-order valence-corrected chi connectivity index (χ2v) is 5.97. The van der Waals surface area contributed by atoms with Crippen molar-refractivity contribution in [2.75, 3.05) is 33.3 Å². The monoisotopic (exact) mass is 288 g/mol. The topological polar surface area (TPSA) is 37.6 Å². The van der Waals surface area contributed by atoms with E-state index < -0.39 is 0 Å². The maximum absolute atomic E-state index is 6.01. The van der Waals surface area contributed by atoms with E-state index in [4.69, 9.17) is 9.15 Å². The van der Waals surface area contributed by atoms with Crippen LogP contribution in [0.3, 0.4) is 0 Å². The molecule has 1 fully saturated rings. The van der Waals surface area contributed by atoms with E-state index in [-0.39, 0.29) is 12.1 Å². The lowest BCUT2D eigenvalue weighted by Crippen LogP contribution is -2.45. The van der Waals surface area contributed by atoms with Crippen molar-refractivity contribution < 1.29 is 9.15 Å². The second-order valence-electron chi connectivity index (χ2n) is 5.97. The van der Waals surface area contributed by atoms with Gasteiger partial charge in [0.2, 0.25) is 0 Å². The number of nitrogens with one attached hydrogen (secondary N) is 1. The quantitative estimate of drug-likeness (QED) is 0.938. The smallest absolute Gasteiger partial charge is 0.134 e. The van der Waals surface area contributed by atoms with Gasteiger partial charge in [-0.25, -0.2) is 0 Å². The first-order valence-corrected chi connectivity index (χ1v) is 7.66. The molecule has 114 valence electrons. The van der Waals surface area contributed by atoms with E-state index >= 15 is 0 Å². The van der Waals surface area contributed by atoms with Gasteiger partial charge in [-0.05, 0) is 32.5 Å². The highest BCUT2D eigenvalue weighted by Gasteiger charge is 2.20. The molecule has 4 heteroatoms. The average molecular weight is 288 g/mol. The Bertz CT molecular complexity index is 608. The minimum atomic E-state index is 0.188. The fraction of sp³-hybridized carbons (Fsp3) is 0.529. The van der Waals surface area contributed by atoms with Crippen molar-refractivity contribution in [1.29, 1.82) is 0 Å². The van der Waals surface area contributed by atoms with Gasteiger partial charge in [-0.2, -0.15) is 0 Å². The van der Waals surface area contributed by atoms with Gasteiger partial charge in [0.05, 0.1) is 18.8 Å². The minimum absolute atomic E-state index is 0.188. The van der Waals surface area contributed by atoms with Crippen LogP contribution in [-0.4, -0.2) is 44.3 Å². The summed E-state index contributed by atoms with van der Waals surface area (Å²) in [5.74, 6) is 1.03. The number of ether oxygens (including phenoxy) is 1. The van der Waals surface area contributed by atoms with E-state index in [0.717, 1.165) is 37.6 Å². The number of benzene rings is 1. The zero-order chi connectivity index (χ0) is 14.8. The summed E-state index contributed by atoms with van der Waals surface area (Å²) in [7, 11) is 2.14. The van der Waals surface area contributed by atoms with Gasteiger partial charge in [0.15, 0.2) is 0 Å². The Morgan fingerprint density at radius 2 is 2.19 bits per heavy atom. The molecule has 0 spiro atoms. The number of furan rings is 1. The molecule has 0 aliphatic carbocycles. The third-order valence-corrected chi connectivity index (χ3v) is 4.27. The van der Waals surface area contributed by atoms with E-state index in [9.17, 15) is 0 Å². The van der Waals surface area contributed by atoms with Gasteiger partial charge in [-0.15, -0.1) is 0 Å². The Balaban J connectivity index is 1.66. The molecule has 1 aromatic heterocycles. The van der Waals surface area contributed by atoms with Crippen molar-refractivity contribution in [3.8, 4) is 0 Å². The number of fused-ring (bicyclic) bond motifs is 1. The summed E-state index contributed by atoms with van der Waals surface area (Å²) in [6.07, 6.45) is 0.260. The Morgan fingerprint density at radius 1 is 1.38 bits per heavy atom. The molecule has 0 bridgehead atoms. The largest absolute Gasteiger partial charge is 0.459 e. The molecule has 0 radical (unpaired) electrons. The van der Waals surface area contributed by atoms with Crippen LogP contribution in [-0.2, 0) is 4.74 Å². The summed E-state index contributed by atoms with van der Waals surface area (Å²) in [4.78, 5) is 2.31. The van der Waals surface area contributed by atoms with E-state index in [1.165, 1.54) is 10.9 Å². The molecule has 1 saturated heterocycles. The Hall–Kier alpha value is -1.36. The van der Waals surface area contributed by atoms with Crippen LogP contribution < -0.4 is 5.32 Å². The van der Waals surface area contributed by atoms with Gasteiger partial charge in [0.25, 0.3) is 0 Å². The van der Waals surface area contributed by atoms with Gasteiger partial charge in [-0.1, -0.05) is 18.2 Å². The molecule has 1 N–H and O–H groups in total. The predicted molar refractivity (Wildman–Crippen MR) is 84.6 cm³/mol. The standard InChI is InChI=1S/C17H24N2O2/c1-12-15-6-4-5-7-16(15)21-17(12)13(2)18-10-14-11-19(3)8-9-20-14/h4-7,13-14,18H,8-11H2,1-3H3. The summed E-state index contributed by atoms with van der Waals surface area (Å²) in [6.45, 7) is 7.96. The molecule has 2 atom stereocenters. The molecule has 1 aliphatic rings. The minimum Gasteiger partial charge on any atom is -0.459 e. The van der Waals surface area contributed by atoms with E-state index in [1.807, 2.05) is 12.1 Å². The van der Waals surface area contributed by atoms with E-state index in [2.05, 4.69) is 43.2 Å². The molecule has 0 amide bonds. The first kappa shape index (κ1) is 14.6. The van der Waals surface area contributed by atoms with Crippen LogP contribution in [0.25, 0.3) is 11.0 Å². The summed E-state index contributed by atoms with van der Waals surface area (Å²) in [5.41, 5.74) is 2.19. The molecular weight excluding hydrogens is 264 g/mol. The van der Waals surface area contributed by atoms with Crippen LogP contribution in [0.15, 0.2) is 28.7 Å². The first-order valence-electron chi connectivity index (χ1n) is 7.66. The first-order chi connectivity index (χ1) is 10.1. The number of hydrogen-bond donors (Lipinski definition) is 1. The van der Waals surface area contributed by atoms with Crippen LogP contribution in [0.4, 0.5) is 0 Å². The molecular formula is C17H24N2O2. The van der Waals surface area contributed by atoms with Gasteiger partial charge in [-0.3, -0.25) is 0 Å². The van der Waals surface area contributed by atoms with Gasteiger partial charge < -0.3 is 19.4 Å². The average Bonchev–Trinajstić information content (AvgIpc) is 2.83. The second kappa shape index (κ2) is 6.18. The molecule has 3 rings (SSSR count). The molecule has 21 heavy (non-hydrogen) atoms. The lowest BCUT2D eigenvalue weighted by Gasteiger charge is -2.30. The highest BCUT2D eigenvalue weighted by molar-refractivity contribution is 5.82. The molecule has 0 saturated carbocycles. The fourth-order valence-electron chi connectivity index (χ4n) is 3.00. The molecule has 2 aromatic rings. The number of nitrogens with zero attached hydrogens (tertiary/aromatic N) is 1. The predicted octanol–water partition coefficient (Wildman–Crippen LogP) is 2.72. The Labute approximate surface area is 126 Å². The normalized spacial score (nSPS) is 21.8.